The first-order chi connectivity index (χ1) is 15.2. The number of piperidine rings is 1. The van der Waals surface area contributed by atoms with E-state index in [0.717, 1.165) is 12.1 Å². The molecule has 32 heavy (non-hydrogen) atoms. The second-order valence-electron chi connectivity index (χ2n) is 7.56. The molecule has 1 amide bonds. The fraction of sp³-hybridized carbons (Fsp3) is 0.364. The number of likely N-dealkylation sites (tertiary alicyclic amines) is 1. The van der Waals surface area contributed by atoms with Crippen LogP contribution >= 0.6 is 11.6 Å². The number of carbonyl (C=O) groups excluding carboxylic acids is 2. The molecular formula is C22H19ClF3NO5. The molecule has 2 aromatic rings. The molecule has 0 unspecified atom stereocenters. The number of halogens is 4. The molecule has 170 valence electrons. The third-order valence-corrected chi connectivity index (χ3v) is 5.72. The van der Waals surface area contributed by atoms with Crippen LogP contribution in [0, 0.1) is 5.92 Å². The minimum atomic E-state index is -4.45. The number of carbonyl (C=O) groups is 2. The van der Waals surface area contributed by atoms with E-state index in [1.807, 2.05) is 0 Å². The Labute approximate surface area is 186 Å². The largest absolute Gasteiger partial charge is 0.461 e. The minimum Gasteiger partial charge on any atom is -0.461 e. The molecule has 0 radical (unpaired) electrons. The summed E-state index contributed by atoms with van der Waals surface area (Å²) in [6.07, 6.45) is -3.63. The molecule has 0 saturated carbocycles. The maximum Gasteiger partial charge on any atom is 0.416 e. The van der Waals surface area contributed by atoms with E-state index in [2.05, 4.69) is 0 Å². The number of amides is 1. The van der Waals surface area contributed by atoms with Gasteiger partial charge in [0.05, 0.1) is 16.5 Å². The fourth-order valence-electron chi connectivity index (χ4n) is 3.68. The summed E-state index contributed by atoms with van der Waals surface area (Å²) in [4.78, 5) is 26.5. The summed E-state index contributed by atoms with van der Waals surface area (Å²) in [5.41, 5.74) is 0.0421. The van der Waals surface area contributed by atoms with Crippen molar-refractivity contribution in [1.29, 1.82) is 0 Å². The van der Waals surface area contributed by atoms with Gasteiger partial charge in [-0.1, -0.05) is 11.6 Å². The van der Waals surface area contributed by atoms with Gasteiger partial charge in [0.2, 0.25) is 6.79 Å². The molecule has 0 N–H and O–H groups in total. The molecule has 10 heteroatoms. The van der Waals surface area contributed by atoms with Crippen molar-refractivity contribution in [1.82, 2.24) is 4.90 Å². The van der Waals surface area contributed by atoms with Crippen LogP contribution in [-0.4, -0.2) is 36.7 Å². The van der Waals surface area contributed by atoms with Gasteiger partial charge in [-0.3, -0.25) is 9.59 Å². The van der Waals surface area contributed by atoms with E-state index in [-0.39, 0.29) is 36.8 Å². The Morgan fingerprint density at radius 3 is 2.44 bits per heavy atom. The lowest BCUT2D eigenvalue weighted by Gasteiger charge is -2.31. The molecule has 4 rings (SSSR count). The van der Waals surface area contributed by atoms with Crippen molar-refractivity contribution in [2.45, 2.75) is 25.6 Å². The molecule has 0 aromatic heterocycles. The number of ether oxygens (including phenoxy) is 3. The Hall–Kier alpha value is -2.94. The Bertz CT molecular complexity index is 1020. The van der Waals surface area contributed by atoms with Crippen molar-refractivity contribution >= 4 is 23.5 Å². The van der Waals surface area contributed by atoms with E-state index >= 15 is 0 Å². The van der Waals surface area contributed by atoms with Crippen LogP contribution < -0.4 is 9.47 Å². The topological polar surface area (TPSA) is 65.1 Å². The van der Waals surface area contributed by atoms with E-state index in [4.69, 9.17) is 25.8 Å². The Kier molecular flexibility index (Phi) is 6.19. The highest BCUT2D eigenvalue weighted by Crippen LogP contribution is 2.40. The van der Waals surface area contributed by atoms with Crippen molar-refractivity contribution in [3.63, 3.8) is 0 Å². The van der Waals surface area contributed by atoms with E-state index in [1.165, 1.54) is 17.0 Å². The summed E-state index contributed by atoms with van der Waals surface area (Å²) < 4.78 is 54.0. The molecule has 0 spiro atoms. The summed E-state index contributed by atoms with van der Waals surface area (Å²) in [7, 11) is 0. The predicted octanol–water partition coefficient (Wildman–Crippen LogP) is 4.68. The van der Waals surface area contributed by atoms with Gasteiger partial charge in [-0.25, -0.2) is 0 Å². The van der Waals surface area contributed by atoms with Crippen molar-refractivity contribution in [3.8, 4) is 11.5 Å². The normalized spacial score (nSPS) is 16.2. The monoisotopic (exact) mass is 469 g/mol. The van der Waals surface area contributed by atoms with Gasteiger partial charge in [0.15, 0.2) is 11.5 Å². The second kappa shape index (κ2) is 8.90. The molecule has 6 nitrogen and oxygen atoms in total. The van der Waals surface area contributed by atoms with Crippen LogP contribution in [0.4, 0.5) is 13.2 Å². The molecule has 2 aromatic carbocycles. The lowest BCUT2D eigenvalue weighted by Crippen LogP contribution is -2.40. The van der Waals surface area contributed by atoms with Crippen LogP contribution in [0.5, 0.6) is 11.5 Å². The van der Waals surface area contributed by atoms with Crippen LogP contribution in [0.15, 0.2) is 36.4 Å². The summed E-state index contributed by atoms with van der Waals surface area (Å²) in [6.45, 7) is 0.743. The van der Waals surface area contributed by atoms with Crippen LogP contribution in [0.25, 0.3) is 0 Å². The Morgan fingerprint density at radius 1 is 1.09 bits per heavy atom. The highest BCUT2D eigenvalue weighted by molar-refractivity contribution is 6.32. The Balaban J connectivity index is 1.28. The number of fused-ring (bicyclic) bond motifs is 1. The molecular weight excluding hydrogens is 451 g/mol. The van der Waals surface area contributed by atoms with Crippen LogP contribution in [-0.2, 0) is 22.3 Å². The lowest BCUT2D eigenvalue weighted by atomic mass is 9.96. The van der Waals surface area contributed by atoms with Gasteiger partial charge >= 0.3 is 12.1 Å². The first-order valence-corrected chi connectivity index (χ1v) is 10.3. The quantitative estimate of drug-likeness (QED) is 0.608. The van der Waals surface area contributed by atoms with E-state index < -0.39 is 11.7 Å². The van der Waals surface area contributed by atoms with Gasteiger partial charge in [-0.15, -0.1) is 0 Å². The zero-order valence-corrected chi connectivity index (χ0v) is 17.5. The van der Waals surface area contributed by atoms with Crippen LogP contribution in [0.1, 0.15) is 34.3 Å². The smallest absolute Gasteiger partial charge is 0.416 e. The molecule has 2 heterocycles. The maximum absolute atomic E-state index is 12.7. The van der Waals surface area contributed by atoms with Crippen molar-refractivity contribution in [2.24, 2.45) is 5.92 Å². The van der Waals surface area contributed by atoms with Crippen molar-refractivity contribution < 1.29 is 37.0 Å². The fourth-order valence-corrected chi connectivity index (χ4v) is 3.97. The average Bonchev–Trinajstić information content (AvgIpc) is 3.26. The first kappa shape index (κ1) is 22.3. The predicted molar refractivity (Wildman–Crippen MR) is 107 cm³/mol. The van der Waals surface area contributed by atoms with Crippen molar-refractivity contribution in [3.05, 3.63) is 58.1 Å². The zero-order chi connectivity index (χ0) is 22.9. The SMILES string of the molecule is O=C(OCc1cc(Cl)c2c(c1)OCO2)C1CCN(C(=O)c2ccc(C(F)(F)F)cc2)CC1. The van der Waals surface area contributed by atoms with E-state index in [0.29, 0.717) is 48.0 Å². The third-order valence-electron chi connectivity index (χ3n) is 5.44. The first-order valence-electron chi connectivity index (χ1n) is 9.93. The molecule has 2 aliphatic rings. The molecule has 2 aliphatic heterocycles. The third kappa shape index (κ3) is 4.77. The van der Waals surface area contributed by atoms with Crippen LogP contribution in [0.2, 0.25) is 5.02 Å². The summed E-state index contributed by atoms with van der Waals surface area (Å²) in [5, 5.41) is 0.376. The van der Waals surface area contributed by atoms with Gasteiger partial charge in [0.25, 0.3) is 5.91 Å². The van der Waals surface area contributed by atoms with E-state index in [1.54, 1.807) is 12.1 Å². The zero-order valence-electron chi connectivity index (χ0n) is 16.8. The number of benzene rings is 2. The van der Waals surface area contributed by atoms with Crippen molar-refractivity contribution in [2.75, 3.05) is 19.9 Å². The number of esters is 1. The summed E-state index contributed by atoms with van der Waals surface area (Å²) in [5.74, 6) is -0.137. The Morgan fingerprint density at radius 2 is 1.78 bits per heavy atom. The lowest BCUT2D eigenvalue weighted by molar-refractivity contribution is -0.151. The number of hydrogen-bond acceptors (Lipinski definition) is 5. The molecule has 0 bridgehead atoms. The van der Waals surface area contributed by atoms with Gasteiger partial charge in [-0.2, -0.15) is 13.2 Å². The average molecular weight is 470 g/mol. The highest BCUT2D eigenvalue weighted by Gasteiger charge is 2.32. The summed E-state index contributed by atoms with van der Waals surface area (Å²) >= 11 is 6.13. The molecule has 0 aliphatic carbocycles. The van der Waals surface area contributed by atoms with Crippen LogP contribution in [0.3, 0.4) is 0 Å². The van der Waals surface area contributed by atoms with Gasteiger partial charge in [-0.05, 0) is 54.8 Å². The number of rotatable bonds is 4. The standard InChI is InChI=1S/C22H19ClF3NO5/c23-17-9-13(10-18-19(17)32-12-31-18)11-30-21(29)15-5-7-27(8-6-15)20(28)14-1-3-16(4-2-14)22(24,25)26/h1-4,9-10,15H,5-8,11-12H2. The summed E-state index contributed by atoms with van der Waals surface area (Å²) in [6, 6.07) is 7.46. The van der Waals surface area contributed by atoms with Gasteiger partial charge in [0.1, 0.15) is 6.61 Å². The number of alkyl halides is 3. The second-order valence-corrected chi connectivity index (χ2v) is 7.97. The van der Waals surface area contributed by atoms with Gasteiger partial charge < -0.3 is 19.1 Å². The van der Waals surface area contributed by atoms with E-state index in [9.17, 15) is 22.8 Å². The molecule has 1 saturated heterocycles. The highest BCUT2D eigenvalue weighted by atomic mass is 35.5. The number of hydrogen-bond donors (Lipinski definition) is 0. The maximum atomic E-state index is 12.7. The molecule has 1 fully saturated rings. The number of nitrogens with zero attached hydrogens (tertiary/aromatic N) is 1. The van der Waals surface area contributed by atoms with Gasteiger partial charge in [0, 0.05) is 18.7 Å². The molecule has 0 atom stereocenters. The minimum absolute atomic E-state index is 0.0277.